The van der Waals surface area contributed by atoms with E-state index in [9.17, 15) is 9.59 Å². The fourth-order valence-electron chi connectivity index (χ4n) is 3.57. The monoisotopic (exact) mass is 347 g/mol. The van der Waals surface area contributed by atoms with Crippen LogP contribution in [0.4, 0.5) is 0 Å². The molecule has 1 aliphatic heterocycles. The van der Waals surface area contributed by atoms with Crippen molar-refractivity contribution in [3.05, 3.63) is 0 Å². The predicted molar refractivity (Wildman–Crippen MR) is 91.7 cm³/mol. The predicted octanol–water partition coefficient (Wildman–Crippen LogP) is 0.940. The van der Waals surface area contributed by atoms with Gasteiger partial charge in [-0.2, -0.15) is 0 Å². The number of amides is 2. The highest BCUT2D eigenvalue weighted by molar-refractivity contribution is 5.87. The van der Waals surface area contributed by atoms with Gasteiger partial charge in [-0.25, -0.2) is 0 Å². The highest BCUT2D eigenvalue weighted by atomic mass is 35.5. The third kappa shape index (κ3) is 5.94. The molecule has 0 radical (unpaired) electrons. The number of nitrogens with one attached hydrogen (secondary N) is 2. The van der Waals surface area contributed by atoms with Crippen LogP contribution in [0.5, 0.6) is 0 Å². The Labute approximate surface area is 145 Å². The Morgan fingerprint density at radius 3 is 2.74 bits per heavy atom. The van der Waals surface area contributed by atoms with E-state index in [4.69, 9.17) is 4.74 Å². The van der Waals surface area contributed by atoms with Gasteiger partial charge in [0.2, 0.25) is 11.8 Å². The summed E-state index contributed by atoms with van der Waals surface area (Å²) < 4.78 is 4.93. The fourth-order valence-corrected chi connectivity index (χ4v) is 3.57. The lowest BCUT2D eigenvalue weighted by Crippen LogP contribution is -2.47. The SMILES string of the molecule is COCCCNC(=O)CN(C)C(=O)C1CC2CCCCC2N1.Cl. The van der Waals surface area contributed by atoms with E-state index in [0.717, 1.165) is 12.8 Å². The second-order valence-corrected chi connectivity index (χ2v) is 6.50. The summed E-state index contributed by atoms with van der Waals surface area (Å²) in [5.41, 5.74) is 0. The maximum absolute atomic E-state index is 12.5. The molecule has 23 heavy (non-hydrogen) atoms. The summed E-state index contributed by atoms with van der Waals surface area (Å²) in [7, 11) is 3.35. The van der Waals surface area contributed by atoms with Crippen LogP contribution in [0.1, 0.15) is 38.5 Å². The van der Waals surface area contributed by atoms with E-state index in [1.807, 2.05) is 0 Å². The Morgan fingerprint density at radius 2 is 2.04 bits per heavy atom. The maximum atomic E-state index is 12.5. The number of hydrogen-bond donors (Lipinski definition) is 2. The summed E-state index contributed by atoms with van der Waals surface area (Å²) in [5, 5.41) is 6.28. The Morgan fingerprint density at radius 1 is 1.30 bits per heavy atom. The number of rotatable bonds is 7. The summed E-state index contributed by atoms with van der Waals surface area (Å²) in [6.07, 6.45) is 6.65. The average molecular weight is 348 g/mol. The van der Waals surface area contributed by atoms with Crippen molar-refractivity contribution >= 4 is 24.2 Å². The average Bonchev–Trinajstić information content (AvgIpc) is 2.94. The number of methoxy groups -OCH3 is 1. The number of hydrogen-bond acceptors (Lipinski definition) is 4. The summed E-state index contributed by atoms with van der Waals surface area (Å²) in [6.45, 7) is 1.34. The van der Waals surface area contributed by atoms with Gasteiger partial charge in [0, 0.05) is 33.4 Å². The van der Waals surface area contributed by atoms with Gasteiger partial charge in [0.25, 0.3) is 0 Å². The largest absolute Gasteiger partial charge is 0.385 e. The molecule has 2 amide bonds. The maximum Gasteiger partial charge on any atom is 0.239 e. The molecule has 2 aliphatic rings. The van der Waals surface area contributed by atoms with E-state index in [2.05, 4.69) is 10.6 Å². The Bertz CT molecular complexity index is 381. The van der Waals surface area contributed by atoms with Crippen molar-refractivity contribution in [2.75, 3.05) is 33.9 Å². The molecular weight excluding hydrogens is 318 g/mol. The van der Waals surface area contributed by atoms with Crippen LogP contribution in [-0.2, 0) is 14.3 Å². The smallest absolute Gasteiger partial charge is 0.239 e. The molecule has 134 valence electrons. The third-order valence-electron chi connectivity index (χ3n) is 4.77. The van der Waals surface area contributed by atoms with Crippen LogP contribution in [0, 0.1) is 5.92 Å². The van der Waals surface area contributed by atoms with Gasteiger partial charge in [-0.1, -0.05) is 12.8 Å². The molecule has 1 aliphatic carbocycles. The number of nitrogens with zero attached hydrogens (tertiary/aromatic N) is 1. The van der Waals surface area contributed by atoms with Crippen molar-refractivity contribution < 1.29 is 14.3 Å². The Kier molecular flexibility index (Phi) is 8.87. The minimum atomic E-state index is -0.112. The molecular formula is C16H30ClN3O3. The molecule has 3 atom stereocenters. The van der Waals surface area contributed by atoms with Gasteiger partial charge in [0.15, 0.2) is 0 Å². The van der Waals surface area contributed by atoms with Crippen molar-refractivity contribution in [1.29, 1.82) is 0 Å². The lowest BCUT2D eigenvalue weighted by molar-refractivity contribution is -0.136. The van der Waals surface area contributed by atoms with Crippen molar-refractivity contribution in [2.24, 2.45) is 5.92 Å². The molecule has 0 bridgehead atoms. The molecule has 2 fully saturated rings. The summed E-state index contributed by atoms with van der Waals surface area (Å²) in [4.78, 5) is 25.8. The second kappa shape index (κ2) is 10.1. The van der Waals surface area contributed by atoms with E-state index in [-0.39, 0.29) is 36.8 Å². The highest BCUT2D eigenvalue weighted by Gasteiger charge is 2.39. The number of ether oxygens (including phenoxy) is 1. The van der Waals surface area contributed by atoms with Gasteiger partial charge >= 0.3 is 0 Å². The molecule has 0 spiro atoms. The lowest BCUT2D eigenvalue weighted by Gasteiger charge is -2.24. The summed E-state index contributed by atoms with van der Waals surface area (Å²) >= 11 is 0. The van der Waals surface area contributed by atoms with Crippen LogP contribution in [0.15, 0.2) is 0 Å². The van der Waals surface area contributed by atoms with Gasteiger partial charge in [0.05, 0.1) is 12.6 Å². The van der Waals surface area contributed by atoms with Gasteiger partial charge in [0.1, 0.15) is 0 Å². The first-order valence-electron chi connectivity index (χ1n) is 8.38. The quantitative estimate of drug-likeness (QED) is 0.672. The molecule has 6 nitrogen and oxygen atoms in total. The van der Waals surface area contributed by atoms with E-state index in [1.165, 1.54) is 25.7 Å². The first-order chi connectivity index (χ1) is 10.6. The Hall–Kier alpha value is -0.850. The van der Waals surface area contributed by atoms with Gasteiger partial charge in [-0.3, -0.25) is 9.59 Å². The topological polar surface area (TPSA) is 70.7 Å². The molecule has 7 heteroatoms. The number of fused-ring (bicyclic) bond motifs is 1. The molecule has 2 rings (SSSR count). The van der Waals surface area contributed by atoms with E-state index in [1.54, 1.807) is 19.1 Å². The zero-order valence-corrected chi connectivity index (χ0v) is 15.0. The van der Waals surface area contributed by atoms with Crippen LogP contribution in [0.2, 0.25) is 0 Å². The first kappa shape index (κ1) is 20.2. The molecule has 2 N–H and O–H groups in total. The zero-order valence-electron chi connectivity index (χ0n) is 14.2. The second-order valence-electron chi connectivity index (χ2n) is 6.50. The Balaban J connectivity index is 0.00000264. The first-order valence-corrected chi connectivity index (χ1v) is 8.38. The van der Waals surface area contributed by atoms with Crippen molar-refractivity contribution in [2.45, 2.75) is 50.6 Å². The van der Waals surface area contributed by atoms with Gasteiger partial charge in [-0.15, -0.1) is 12.4 Å². The fraction of sp³-hybridized carbons (Fsp3) is 0.875. The molecule has 3 unspecified atom stereocenters. The molecule has 1 saturated carbocycles. The lowest BCUT2D eigenvalue weighted by atomic mass is 9.85. The highest BCUT2D eigenvalue weighted by Crippen LogP contribution is 2.33. The summed E-state index contributed by atoms with van der Waals surface area (Å²) in [5.74, 6) is 0.572. The van der Waals surface area contributed by atoms with Crippen LogP contribution < -0.4 is 10.6 Å². The minimum absolute atomic E-state index is 0. The van der Waals surface area contributed by atoms with Gasteiger partial charge < -0.3 is 20.3 Å². The van der Waals surface area contributed by atoms with Crippen LogP contribution in [0.3, 0.4) is 0 Å². The zero-order chi connectivity index (χ0) is 15.9. The molecule has 1 saturated heterocycles. The third-order valence-corrected chi connectivity index (χ3v) is 4.77. The van der Waals surface area contributed by atoms with Crippen molar-refractivity contribution in [1.82, 2.24) is 15.5 Å². The summed E-state index contributed by atoms with van der Waals surface area (Å²) in [6, 6.07) is 0.387. The van der Waals surface area contributed by atoms with Crippen molar-refractivity contribution in [3.8, 4) is 0 Å². The van der Waals surface area contributed by atoms with Crippen molar-refractivity contribution in [3.63, 3.8) is 0 Å². The van der Waals surface area contributed by atoms with E-state index >= 15 is 0 Å². The molecule has 1 heterocycles. The van der Waals surface area contributed by atoms with Crippen LogP contribution >= 0.6 is 12.4 Å². The van der Waals surface area contributed by atoms with Crippen LogP contribution in [-0.4, -0.2) is 62.7 Å². The number of carbonyl (C=O) groups excluding carboxylic acids is 2. The van der Waals surface area contributed by atoms with E-state index < -0.39 is 0 Å². The molecule has 0 aromatic rings. The normalized spacial score (nSPS) is 26.1. The number of carbonyl (C=O) groups is 2. The molecule has 0 aromatic heterocycles. The van der Waals surface area contributed by atoms with Gasteiger partial charge in [-0.05, 0) is 31.6 Å². The minimum Gasteiger partial charge on any atom is -0.385 e. The molecule has 0 aromatic carbocycles. The number of halogens is 1. The van der Waals surface area contributed by atoms with E-state index in [0.29, 0.717) is 25.1 Å². The van der Waals surface area contributed by atoms with Crippen LogP contribution in [0.25, 0.3) is 0 Å². The number of likely N-dealkylation sites (N-methyl/N-ethyl adjacent to an activating group) is 1. The standard InChI is InChI=1S/C16H29N3O3.ClH/c1-19(11-15(20)17-8-5-9-22-2)16(21)14-10-12-6-3-4-7-13(12)18-14;/h12-14,18H,3-11H2,1-2H3,(H,17,20);1H.